The molecule has 0 amide bonds. The lowest BCUT2D eigenvalue weighted by Gasteiger charge is -2.26. The topological polar surface area (TPSA) is 111 Å². The number of esters is 2. The van der Waals surface area contributed by atoms with Gasteiger partial charge in [-0.2, -0.15) is 0 Å². The fraction of sp³-hybridized carbons (Fsp3) is 0.742. The molecule has 9 nitrogen and oxygen atoms in total. The maximum absolute atomic E-state index is 12.9. The number of aliphatic carboxylic acids is 1. The van der Waals surface area contributed by atoms with Gasteiger partial charge in [-0.3, -0.25) is 9.59 Å². The molecule has 0 fully saturated rings. The Labute approximate surface area is 461 Å². The number of carbonyl (C=O) groups excluding carboxylic acids is 3. The number of unbranched alkanes of at least 4 members (excludes halogenated alkanes) is 27. The summed E-state index contributed by atoms with van der Waals surface area (Å²) < 4.78 is 22.7. The Kier molecular flexibility index (Phi) is 54.0. The first kappa shape index (κ1) is 71.5. The van der Waals surface area contributed by atoms with E-state index >= 15 is 0 Å². The summed E-state index contributed by atoms with van der Waals surface area (Å²) in [6, 6.07) is 0. The van der Waals surface area contributed by atoms with Crippen molar-refractivity contribution in [1.29, 1.82) is 0 Å². The van der Waals surface area contributed by atoms with Crippen LogP contribution in [0.1, 0.15) is 258 Å². The number of ether oxygens (including phenoxy) is 4. The third-order valence-corrected chi connectivity index (χ3v) is 13.1. The molecule has 0 radical (unpaired) electrons. The van der Waals surface area contributed by atoms with Gasteiger partial charge >= 0.3 is 11.9 Å². The lowest BCUT2D eigenvalue weighted by Crippen LogP contribution is -2.44. The van der Waals surface area contributed by atoms with E-state index in [2.05, 4.69) is 98.9 Å². The van der Waals surface area contributed by atoms with Crippen LogP contribution < -0.4 is 5.11 Å². The first-order chi connectivity index (χ1) is 36.6. The van der Waals surface area contributed by atoms with Gasteiger partial charge in [0, 0.05) is 12.8 Å². The number of quaternary nitrogens is 1. The normalized spacial score (nSPS) is 13.3. The van der Waals surface area contributed by atoms with Gasteiger partial charge < -0.3 is 33.3 Å². The smallest absolute Gasteiger partial charge is 0.306 e. The molecule has 0 N–H and O–H groups in total. The zero-order valence-corrected chi connectivity index (χ0v) is 49.1. The maximum atomic E-state index is 12.9. The van der Waals surface area contributed by atoms with Crippen LogP contribution in [0.25, 0.3) is 0 Å². The minimum Gasteiger partial charge on any atom is -0.545 e. The highest BCUT2D eigenvalue weighted by Crippen LogP contribution is 2.16. The van der Waals surface area contributed by atoms with Crippen LogP contribution in [0.3, 0.4) is 0 Å². The van der Waals surface area contributed by atoms with E-state index in [4.69, 9.17) is 18.9 Å². The van der Waals surface area contributed by atoms with Gasteiger partial charge in [-0.1, -0.05) is 240 Å². The van der Waals surface area contributed by atoms with Crippen molar-refractivity contribution < 1.29 is 42.9 Å². The standard InChI is InChI=1S/C66H115NO8/c1-6-8-10-12-14-16-18-20-22-24-26-28-30-31-32-33-35-37-39-41-43-45-47-49-51-53-55-57-64(69)75-62(61-74-66(65(70)71)72-59-58-67(3,4)5)60-73-63(68)56-54-52-50-48-46-44-42-40-38-36-34-29-27-25-23-21-19-17-15-13-11-9-7-2/h8,10,14,16,19-22,25-28,34,36,62,66H,6-7,9,11-13,15,17-18,23-24,29-33,35,37-61H2,1-5H3/b10-8-,16-14-,21-19-,22-20-,27-25-,28-26-,36-34-. The average Bonchev–Trinajstić information content (AvgIpc) is 3.38. The second-order valence-corrected chi connectivity index (χ2v) is 21.6. The molecule has 0 rings (SSSR count). The predicted octanol–water partition coefficient (Wildman–Crippen LogP) is 17.0. The van der Waals surface area contributed by atoms with Crippen molar-refractivity contribution in [3.05, 3.63) is 85.1 Å². The van der Waals surface area contributed by atoms with E-state index in [0.29, 0.717) is 17.4 Å². The number of likely N-dealkylation sites (N-methyl/N-ethyl adjacent to an activating group) is 1. The van der Waals surface area contributed by atoms with Crippen molar-refractivity contribution in [1.82, 2.24) is 0 Å². The zero-order chi connectivity index (χ0) is 54.8. The van der Waals surface area contributed by atoms with Crippen LogP contribution in [0.2, 0.25) is 0 Å². The molecule has 0 aliphatic carbocycles. The van der Waals surface area contributed by atoms with Gasteiger partial charge in [-0.25, -0.2) is 0 Å². The number of hydrogen-bond acceptors (Lipinski definition) is 8. The van der Waals surface area contributed by atoms with Gasteiger partial charge in [-0.05, 0) is 89.9 Å². The summed E-state index contributed by atoms with van der Waals surface area (Å²) in [6.07, 6.45) is 72.0. The predicted molar refractivity (Wildman–Crippen MR) is 315 cm³/mol. The Morgan fingerprint density at radius 3 is 1.13 bits per heavy atom. The molecule has 432 valence electrons. The molecule has 75 heavy (non-hydrogen) atoms. The van der Waals surface area contributed by atoms with Crippen molar-refractivity contribution in [3.8, 4) is 0 Å². The second-order valence-electron chi connectivity index (χ2n) is 21.6. The van der Waals surface area contributed by atoms with E-state index in [-0.39, 0.29) is 38.6 Å². The second kappa shape index (κ2) is 56.7. The van der Waals surface area contributed by atoms with E-state index in [0.717, 1.165) is 89.9 Å². The SMILES string of the molecule is CC/C=C\C/C=C\C/C=C\C/C=C\CCCCCCCCCCCCCCCCC(=O)OC(COC(=O)CCCCCCCCCC/C=C\C/C=C\C/C=C\CCCCCCC)COC(OCC[N+](C)(C)C)C(=O)[O-]. The van der Waals surface area contributed by atoms with Crippen molar-refractivity contribution in [2.75, 3.05) is 47.5 Å². The number of hydrogen-bond donors (Lipinski definition) is 0. The summed E-state index contributed by atoms with van der Waals surface area (Å²) in [5, 5.41) is 11.8. The van der Waals surface area contributed by atoms with Crippen molar-refractivity contribution >= 4 is 17.9 Å². The highest BCUT2D eigenvalue weighted by Gasteiger charge is 2.22. The number of allylic oxidation sites excluding steroid dienone is 14. The highest BCUT2D eigenvalue weighted by molar-refractivity contribution is 5.70. The van der Waals surface area contributed by atoms with Crippen molar-refractivity contribution in [3.63, 3.8) is 0 Å². The Morgan fingerprint density at radius 1 is 0.413 bits per heavy atom. The number of nitrogens with zero attached hydrogens (tertiary/aromatic N) is 1. The zero-order valence-electron chi connectivity index (χ0n) is 49.1. The summed E-state index contributed by atoms with van der Waals surface area (Å²) >= 11 is 0. The van der Waals surface area contributed by atoms with Gasteiger partial charge in [0.1, 0.15) is 13.2 Å². The fourth-order valence-corrected chi connectivity index (χ4v) is 8.42. The molecule has 0 aromatic rings. The van der Waals surface area contributed by atoms with Crippen LogP contribution in [-0.4, -0.2) is 82.3 Å². The summed E-state index contributed by atoms with van der Waals surface area (Å²) in [5.41, 5.74) is 0. The van der Waals surface area contributed by atoms with Crippen molar-refractivity contribution in [2.24, 2.45) is 0 Å². The van der Waals surface area contributed by atoms with Gasteiger partial charge in [0.2, 0.25) is 0 Å². The molecule has 0 heterocycles. The molecule has 2 unspecified atom stereocenters. The van der Waals surface area contributed by atoms with Crippen LogP contribution in [-0.2, 0) is 33.3 Å². The van der Waals surface area contributed by atoms with E-state index < -0.39 is 24.3 Å². The van der Waals surface area contributed by atoms with E-state index in [1.54, 1.807) is 0 Å². The van der Waals surface area contributed by atoms with E-state index in [1.165, 1.54) is 135 Å². The summed E-state index contributed by atoms with van der Waals surface area (Å²) in [7, 11) is 5.92. The lowest BCUT2D eigenvalue weighted by atomic mass is 10.0. The van der Waals surface area contributed by atoms with Gasteiger partial charge in [-0.15, -0.1) is 0 Å². The molecule has 2 atom stereocenters. The third kappa shape index (κ3) is 58.0. The molecular weight excluding hydrogens is 935 g/mol. The minimum absolute atomic E-state index is 0.143. The molecule has 9 heteroatoms. The van der Waals surface area contributed by atoms with E-state index in [1.807, 2.05) is 21.1 Å². The number of carboxylic acid groups (broad SMARTS) is 1. The molecule has 0 aliphatic rings. The van der Waals surface area contributed by atoms with Crippen LogP contribution in [0.5, 0.6) is 0 Å². The van der Waals surface area contributed by atoms with E-state index in [9.17, 15) is 19.5 Å². The van der Waals surface area contributed by atoms with Crippen molar-refractivity contribution in [2.45, 2.75) is 270 Å². The maximum Gasteiger partial charge on any atom is 0.306 e. The molecule has 0 saturated carbocycles. The van der Waals surface area contributed by atoms with Crippen LogP contribution in [0, 0.1) is 0 Å². The summed E-state index contributed by atoms with van der Waals surface area (Å²) in [6.45, 7) is 4.63. The third-order valence-electron chi connectivity index (χ3n) is 13.1. The molecule has 0 aromatic carbocycles. The fourth-order valence-electron chi connectivity index (χ4n) is 8.42. The van der Waals surface area contributed by atoms with Crippen LogP contribution in [0.4, 0.5) is 0 Å². The first-order valence-corrected chi connectivity index (χ1v) is 30.7. The Hall–Kier alpha value is -3.53. The summed E-state index contributed by atoms with van der Waals surface area (Å²) in [4.78, 5) is 37.4. The monoisotopic (exact) mass is 1050 g/mol. The van der Waals surface area contributed by atoms with Gasteiger partial charge in [0.25, 0.3) is 0 Å². The molecule has 0 saturated heterocycles. The molecule has 0 aliphatic heterocycles. The van der Waals surface area contributed by atoms with Gasteiger partial charge in [0.15, 0.2) is 12.4 Å². The number of carbonyl (C=O) groups is 3. The molecule has 0 spiro atoms. The van der Waals surface area contributed by atoms with Crippen LogP contribution in [0.15, 0.2) is 85.1 Å². The first-order valence-electron chi connectivity index (χ1n) is 30.7. The minimum atomic E-state index is -1.63. The largest absolute Gasteiger partial charge is 0.545 e. The quantitative estimate of drug-likeness (QED) is 0.0195. The highest BCUT2D eigenvalue weighted by atomic mass is 16.7. The number of carboxylic acids is 1. The lowest BCUT2D eigenvalue weighted by molar-refractivity contribution is -0.870. The van der Waals surface area contributed by atoms with Gasteiger partial charge in [0.05, 0.1) is 40.3 Å². The summed E-state index contributed by atoms with van der Waals surface area (Å²) in [5.74, 6) is -2.29. The molecule has 0 bridgehead atoms. The Morgan fingerprint density at radius 2 is 0.760 bits per heavy atom. The molecule has 0 aromatic heterocycles. The molecular formula is C66H115NO8. The number of rotatable bonds is 56. The Balaban J connectivity index is 4.22. The average molecular weight is 1050 g/mol. The Bertz CT molecular complexity index is 1500. The van der Waals surface area contributed by atoms with Crippen LogP contribution >= 0.6 is 0 Å².